The zero-order valence-corrected chi connectivity index (χ0v) is 16.7. The molecule has 4 rings (SSSR count). The molecule has 2 fully saturated rings. The molecule has 0 aliphatic carbocycles. The molecule has 1 aromatic heterocycles. The summed E-state index contributed by atoms with van der Waals surface area (Å²) in [5.41, 5.74) is 0.984. The number of fused-ring (bicyclic) bond motifs is 2. The van der Waals surface area contributed by atoms with Crippen molar-refractivity contribution in [2.45, 2.75) is 23.4 Å². The fourth-order valence-corrected chi connectivity index (χ4v) is 5.05. The Morgan fingerprint density at radius 1 is 1.19 bits per heavy atom. The average molecular weight is 431 g/mol. The summed E-state index contributed by atoms with van der Waals surface area (Å²) < 4.78 is 27.1. The molecule has 10 heteroatoms. The van der Waals surface area contributed by atoms with E-state index in [0.717, 1.165) is 6.42 Å². The lowest BCUT2D eigenvalue weighted by Crippen LogP contribution is -2.46. The quantitative estimate of drug-likeness (QED) is 0.772. The molecule has 146 valence electrons. The highest BCUT2D eigenvalue weighted by Gasteiger charge is 2.44. The molecule has 1 amide bonds. The van der Waals surface area contributed by atoms with Crippen LogP contribution in [0.25, 0.3) is 0 Å². The van der Waals surface area contributed by atoms with Gasteiger partial charge in [-0.1, -0.05) is 0 Å². The molecule has 7 nitrogen and oxygen atoms in total. The van der Waals surface area contributed by atoms with Crippen LogP contribution in [0.15, 0.2) is 53.7 Å². The molecule has 2 N–H and O–H groups in total. The van der Waals surface area contributed by atoms with Crippen LogP contribution in [0.1, 0.15) is 16.8 Å². The molecule has 0 spiro atoms. The maximum absolute atomic E-state index is 12.8. The molecule has 2 saturated heterocycles. The first-order chi connectivity index (χ1) is 12.0. The SMILES string of the molecule is Cl.Cl.O=C(Nc1cccnc1)c1ccc(S(=O)(=O)N2C[C@@H]3C[C@H]2CN3)cc1. The van der Waals surface area contributed by atoms with E-state index in [1.165, 1.54) is 24.3 Å². The molecule has 2 aromatic rings. The molecule has 3 heterocycles. The third kappa shape index (κ3) is 4.25. The van der Waals surface area contributed by atoms with E-state index in [1.54, 1.807) is 28.8 Å². The Hall–Kier alpha value is -1.71. The molecule has 2 aliphatic heterocycles. The van der Waals surface area contributed by atoms with Gasteiger partial charge in [-0.3, -0.25) is 9.78 Å². The van der Waals surface area contributed by atoms with Crippen LogP contribution in [0.5, 0.6) is 0 Å². The lowest BCUT2D eigenvalue weighted by molar-refractivity contribution is 0.102. The zero-order valence-electron chi connectivity index (χ0n) is 14.2. The van der Waals surface area contributed by atoms with Crippen LogP contribution < -0.4 is 10.6 Å². The van der Waals surface area contributed by atoms with Gasteiger partial charge in [0.1, 0.15) is 0 Å². The standard InChI is InChI=1S/C17H18N4O3S.2ClH/c22-17(20-13-2-1-7-18-9-13)12-3-5-16(6-4-12)25(23,24)21-11-14-8-15(21)10-19-14;;/h1-7,9,14-15,19H,8,10-11H2,(H,20,22);2*1H/t14-,15-;;/m0../s1. The van der Waals surface area contributed by atoms with E-state index in [2.05, 4.69) is 15.6 Å². The second kappa shape index (κ2) is 8.53. The molecule has 2 aliphatic rings. The van der Waals surface area contributed by atoms with Crippen molar-refractivity contribution >= 4 is 46.4 Å². The number of hydrogen-bond donors (Lipinski definition) is 2. The first-order valence-electron chi connectivity index (χ1n) is 8.11. The highest BCUT2D eigenvalue weighted by molar-refractivity contribution is 7.89. The lowest BCUT2D eigenvalue weighted by atomic mass is 10.2. The molecule has 2 bridgehead atoms. The number of benzene rings is 1. The summed E-state index contributed by atoms with van der Waals surface area (Å²) in [5.74, 6) is -0.304. The van der Waals surface area contributed by atoms with Crippen LogP contribution >= 0.6 is 24.8 Å². The van der Waals surface area contributed by atoms with Crippen LogP contribution in [0.4, 0.5) is 5.69 Å². The van der Waals surface area contributed by atoms with Crippen LogP contribution in [0, 0.1) is 0 Å². The Bertz CT molecular complexity index is 894. The largest absolute Gasteiger partial charge is 0.321 e. The number of sulfonamides is 1. The van der Waals surface area contributed by atoms with E-state index >= 15 is 0 Å². The Morgan fingerprint density at radius 2 is 1.93 bits per heavy atom. The van der Waals surface area contributed by atoms with E-state index in [9.17, 15) is 13.2 Å². The van der Waals surface area contributed by atoms with Gasteiger partial charge in [0, 0.05) is 36.9 Å². The number of nitrogens with zero attached hydrogens (tertiary/aromatic N) is 2. The van der Waals surface area contributed by atoms with Gasteiger partial charge in [0.25, 0.3) is 5.91 Å². The Balaban J connectivity index is 0.00000131. The predicted octanol–water partition coefficient (Wildman–Crippen LogP) is 1.91. The number of pyridine rings is 1. The minimum atomic E-state index is -3.52. The van der Waals surface area contributed by atoms with Crippen molar-refractivity contribution in [3.05, 3.63) is 54.4 Å². The van der Waals surface area contributed by atoms with Gasteiger partial charge in [0.05, 0.1) is 16.8 Å². The number of carbonyl (C=O) groups is 1. The number of halogens is 2. The monoisotopic (exact) mass is 430 g/mol. The minimum Gasteiger partial charge on any atom is -0.321 e. The van der Waals surface area contributed by atoms with Crippen molar-refractivity contribution in [1.29, 1.82) is 0 Å². The van der Waals surface area contributed by atoms with Gasteiger partial charge in [-0.2, -0.15) is 4.31 Å². The van der Waals surface area contributed by atoms with E-state index in [0.29, 0.717) is 24.3 Å². The number of carbonyl (C=O) groups excluding carboxylic acids is 1. The Labute approximate surface area is 170 Å². The molecule has 0 radical (unpaired) electrons. The number of aromatic nitrogens is 1. The molecule has 0 saturated carbocycles. The normalized spacial score (nSPS) is 21.2. The fraction of sp³-hybridized carbons (Fsp3) is 0.294. The third-order valence-corrected chi connectivity index (χ3v) is 6.58. The van der Waals surface area contributed by atoms with E-state index in [-0.39, 0.29) is 47.7 Å². The number of piperazine rings is 1. The smallest absolute Gasteiger partial charge is 0.255 e. The highest BCUT2D eigenvalue weighted by Crippen LogP contribution is 2.29. The molecule has 2 atom stereocenters. The molecule has 0 unspecified atom stereocenters. The Morgan fingerprint density at radius 3 is 2.48 bits per heavy atom. The van der Waals surface area contributed by atoms with Gasteiger partial charge in [0.15, 0.2) is 0 Å². The summed E-state index contributed by atoms with van der Waals surface area (Å²) in [6.07, 6.45) is 4.04. The minimum absolute atomic E-state index is 0. The summed E-state index contributed by atoms with van der Waals surface area (Å²) in [6.45, 7) is 1.21. The number of rotatable bonds is 4. The van der Waals surface area contributed by atoms with Crippen molar-refractivity contribution in [3.63, 3.8) is 0 Å². The highest BCUT2D eigenvalue weighted by atomic mass is 35.5. The molecule has 1 aromatic carbocycles. The second-order valence-corrected chi connectivity index (χ2v) is 8.18. The number of nitrogens with one attached hydrogen (secondary N) is 2. The first kappa shape index (κ1) is 21.6. The van der Waals surface area contributed by atoms with Gasteiger partial charge in [-0.25, -0.2) is 8.42 Å². The summed E-state index contributed by atoms with van der Waals surface area (Å²) in [4.78, 5) is 16.4. The van der Waals surface area contributed by atoms with Crippen LogP contribution in [0.2, 0.25) is 0 Å². The fourth-order valence-electron chi connectivity index (χ4n) is 3.37. The summed E-state index contributed by atoms with van der Waals surface area (Å²) in [6, 6.07) is 9.80. The molecular formula is C17H20Cl2N4O3S. The molecular weight excluding hydrogens is 411 g/mol. The maximum Gasteiger partial charge on any atom is 0.255 e. The van der Waals surface area contributed by atoms with Crippen molar-refractivity contribution in [2.75, 3.05) is 18.4 Å². The summed E-state index contributed by atoms with van der Waals surface area (Å²) >= 11 is 0. The van der Waals surface area contributed by atoms with Gasteiger partial charge < -0.3 is 10.6 Å². The molecule has 27 heavy (non-hydrogen) atoms. The number of anilines is 1. The van der Waals surface area contributed by atoms with E-state index in [1.807, 2.05) is 0 Å². The van der Waals surface area contributed by atoms with Gasteiger partial charge >= 0.3 is 0 Å². The van der Waals surface area contributed by atoms with Crippen LogP contribution in [-0.4, -0.2) is 48.8 Å². The van der Waals surface area contributed by atoms with Crippen LogP contribution in [0.3, 0.4) is 0 Å². The second-order valence-electron chi connectivity index (χ2n) is 6.29. The van der Waals surface area contributed by atoms with Crippen molar-refractivity contribution in [3.8, 4) is 0 Å². The average Bonchev–Trinajstić information content (AvgIpc) is 3.26. The van der Waals surface area contributed by atoms with Crippen molar-refractivity contribution < 1.29 is 13.2 Å². The van der Waals surface area contributed by atoms with Gasteiger partial charge in [-0.05, 0) is 42.8 Å². The summed E-state index contributed by atoms with van der Waals surface area (Å²) in [5, 5.41) is 6.02. The zero-order chi connectivity index (χ0) is 17.4. The van der Waals surface area contributed by atoms with Gasteiger partial charge in [0.2, 0.25) is 10.0 Å². The number of amides is 1. The number of hydrogen-bond acceptors (Lipinski definition) is 5. The van der Waals surface area contributed by atoms with Crippen LogP contribution in [-0.2, 0) is 10.0 Å². The summed E-state index contributed by atoms with van der Waals surface area (Å²) in [7, 11) is -3.52. The van der Waals surface area contributed by atoms with E-state index in [4.69, 9.17) is 0 Å². The van der Waals surface area contributed by atoms with Gasteiger partial charge in [-0.15, -0.1) is 24.8 Å². The maximum atomic E-state index is 12.8. The predicted molar refractivity (Wildman–Crippen MR) is 107 cm³/mol. The topological polar surface area (TPSA) is 91.4 Å². The lowest BCUT2D eigenvalue weighted by Gasteiger charge is -2.26. The van der Waals surface area contributed by atoms with Crippen molar-refractivity contribution in [2.24, 2.45) is 0 Å². The first-order valence-corrected chi connectivity index (χ1v) is 9.55. The van der Waals surface area contributed by atoms with E-state index < -0.39 is 10.0 Å². The third-order valence-electron chi connectivity index (χ3n) is 4.65. The van der Waals surface area contributed by atoms with Crippen molar-refractivity contribution in [1.82, 2.24) is 14.6 Å². The Kier molecular flexibility index (Phi) is 6.82.